The van der Waals surface area contributed by atoms with Gasteiger partial charge in [0.15, 0.2) is 0 Å². The average molecular weight is 151 g/mol. The molecule has 0 N–H and O–H groups in total. The van der Waals surface area contributed by atoms with Crippen LogP contribution in [0.2, 0.25) is 11.6 Å². The molecular weight excluding hydrogens is 136 g/mol. The van der Waals surface area contributed by atoms with Crippen LogP contribution in [0, 0.1) is 0 Å². The summed E-state index contributed by atoms with van der Waals surface area (Å²) in [6.45, 7) is 6.81. The predicted octanol–water partition coefficient (Wildman–Crippen LogP) is 2.42. The van der Waals surface area contributed by atoms with Gasteiger partial charge in [-0.1, -0.05) is 32.4 Å². The van der Waals surface area contributed by atoms with E-state index in [0.29, 0.717) is 0 Å². The third kappa shape index (κ3) is 2.73. The molecule has 0 rings (SSSR count). The third-order valence-corrected chi connectivity index (χ3v) is 6.19. The first-order valence-corrected chi connectivity index (χ1v) is 6.11. The molecule has 0 radical (unpaired) electrons. The minimum Gasteiger partial charge on any atom is -0.130 e. The number of rotatable bonds is 3. The lowest BCUT2D eigenvalue weighted by Crippen LogP contribution is -2.17. The van der Waals surface area contributed by atoms with E-state index in [1.54, 1.807) is 0 Å². The summed E-state index contributed by atoms with van der Waals surface area (Å²) in [6.07, 6.45) is 0. The van der Waals surface area contributed by atoms with Crippen LogP contribution in [0.1, 0.15) is 20.8 Å². The van der Waals surface area contributed by atoms with Crippen molar-refractivity contribution in [1.29, 1.82) is 0 Å². The summed E-state index contributed by atoms with van der Waals surface area (Å²) in [4.78, 5) is 0. The quantitative estimate of drug-likeness (QED) is 0.428. The first-order chi connectivity index (χ1) is 3.72. The minimum atomic E-state index is -0.500. The van der Waals surface area contributed by atoms with Gasteiger partial charge in [0.05, 0.1) is 8.80 Å². The molecule has 8 heavy (non-hydrogen) atoms. The van der Waals surface area contributed by atoms with Gasteiger partial charge in [-0.3, -0.25) is 0 Å². The van der Waals surface area contributed by atoms with Crippen LogP contribution < -0.4 is 0 Å². The van der Waals surface area contributed by atoms with Crippen molar-refractivity contribution in [3.05, 3.63) is 0 Å². The van der Waals surface area contributed by atoms with Crippen LogP contribution in [0.4, 0.5) is 0 Å². The van der Waals surface area contributed by atoms with Gasteiger partial charge in [0.1, 0.15) is 0 Å². The van der Waals surface area contributed by atoms with E-state index in [4.69, 9.17) is 11.6 Å². The van der Waals surface area contributed by atoms with Crippen molar-refractivity contribution in [2.75, 3.05) is 5.50 Å². The molecule has 0 aliphatic rings. The molecule has 0 aromatic carbocycles. The zero-order valence-corrected chi connectivity index (χ0v) is 7.86. The smallest absolute Gasteiger partial charge is 0.0563 e. The van der Waals surface area contributed by atoms with Crippen molar-refractivity contribution < 1.29 is 0 Å². The van der Waals surface area contributed by atoms with Crippen molar-refractivity contribution in [2.45, 2.75) is 32.4 Å². The van der Waals surface area contributed by atoms with E-state index in [2.05, 4.69) is 20.8 Å². The minimum absolute atomic E-state index is 0.500. The Morgan fingerprint density at radius 3 is 2.00 bits per heavy atom. The summed E-state index contributed by atoms with van der Waals surface area (Å²) in [6, 6.07) is 1.35. The maximum absolute atomic E-state index is 5.72. The van der Waals surface area contributed by atoms with Gasteiger partial charge >= 0.3 is 0 Å². The van der Waals surface area contributed by atoms with Crippen molar-refractivity contribution in [1.82, 2.24) is 0 Å². The molecule has 0 saturated carbocycles. The molecular formula is C6H15ClSi. The van der Waals surface area contributed by atoms with E-state index in [-0.39, 0.29) is 0 Å². The summed E-state index contributed by atoms with van der Waals surface area (Å²) >= 11 is 5.72. The fraction of sp³-hybridized carbons (Fsp3) is 1.00. The summed E-state index contributed by atoms with van der Waals surface area (Å²) in [5, 5.41) is 0. The van der Waals surface area contributed by atoms with Crippen molar-refractivity contribution >= 4 is 20.4 Å². The van der Waals surface area contributed by atoms with E-state index < -0.39 is 8.80 Å². The van der Waals surface area contributed by atoms with Crippen LogP contribution in [0.5, 0.6) is 0 Å². The Labute approximate surface area is 58.8 Å². The lowest BCUT2D eigenvalue weighted by atomic mass is 10.6. The highest BCUT2D eigenvalue weighted by molar-refractivity contribution is 6.68. The van der Waals surface area contributed by atoms with Gasteiger partial charge in [-0.15, -0.1) is 11.6 Å². The van der Waals surface area contributed by atoms with Gasteiger partial charge in [-0.25, -0.2) is 0 Å². The second kappa shape index (κ2) is 4.39. The Hall–Kier alpha value is 0.507. The first-order valence-electron chi connectivity index (χ1n) is 3.28. The van der Waals surface area contributed by atoms with Gasteiger partial charge < -0.3 is 0 Å². The molecule has 1 unspecified atom stereocenters. The molecule has 0 aliphatic carbocycles. The maximum Gasteiger partial charge on any atom is 0.0563 e. The van der Waals surface area contributed by atoms with Gasteiger partial charge in [-0.2, -0.15) is 0 Å². The molecule has 1 atom stereocenters. The Balaban J connectivity index is 3.35. The molecule has 0 saturated heterocycles. The molecule has 2 heteroatoms. The second-order valence-corrected chi connectivity index (χ2v) is 7.47. The average Bonchev–Trinajstić information content (AvgIpc) is 1.69. The Kier molecular flexibility index (Phi) is 4.67. The van der Waals surface area contributed by atoms with Crippen LogP contribution in [0.25, 0.3) is 0 Å². The van der Waals surface area contributed by atoms with Crippen LogP contribution >= 0.6 is 11.6 Å². The van der Waals surface area contributed by atoms with Crippen LogP contribution in [0.3, 0.4) is 0 Å². The normalized spacial score (nSPS) is 14.6. The largest absolute Gasteiger partial charge is 0.130 e. The zero-order valence-electron chi connectivity index (χ0n) is 5.95. The van der Waals surface area contributed by atoms with Gasteiger partial charge in [0.25, 0.3) is 0 Å². The van der Waals surface area contributed by atoms with Crippen molar-refractivity contribution in [3.63, 3.8) is 0 Å². The van der Waals surface area contributed by atoms with Crippen molar-refractivity contribution in [2.24, 2.45) is 0 Å². The fourth-order valence-corrected chi connectivity index (χ4v) is 4.00. The van der Waals surface area contributed by atoms with E-state index in [0.717, 1.165) is 11.0 Å². The third-order valence-electron chi connectivity index (χ3n) is 1.67. The fourth-order valence-electron chi connectivity index (χ4n) is 0.759. The van der Waals surface area contributed by atoms with Crippen molar-refractivity contribution in [3.8, 4) is 0 Å². The Morgan fingerprint density at radius 2 is 2.00 bits per heavy atom. The van der Waals surface area contributed by atoms with Crippen LogP contribution in [-0.2, 0) is 0 Å². The lowest BCUT2D eigenvalue weighted by molar-refractivity contribution is 1.02. The van der Waals surface area contributed by atoms with E-state index in [1.165, 1.54) is 6.04 Å². The monoisotopic (exact) mass is 150 g/mol. The SMILES string of the molecule is CC[SiH](CCl)C(C)C. The number of hydrogen-bond donors (Lipinski definition) is 0. The summed E-state index contributed by atoms with van der Waals surface area (Å²) in [7, 11) is -0.500. The molecule has 0 spiro atoms. The molecule has 0 amide bonds. The van der Waals surface area contributed by atoms with Crippen LogP contribution in [0.15, 0.2) is 0 Å². The standard InChI is InChI=1S/C6H15ClSi/c1-4-8(5-7)6(2)3/h6,8H,4-5H2,1-3H3. The summed E-state index contributed by atoms with van der Waals surface area (Å²) in [5.41, 5.74) is 1.84. The van der Waals surface area contributed by atoms with Gasteiger partial charge in [-0.05, 0) is 0 Å². The molecule has 0 fully saturated rings. The molecule has 0 aliphatic heterocycles. The number of halogens is 1. The Morgan fingerprint density at radius 1 is 1.50 bits per heavy atom. The number of alkyl halides is 1. The van der Waals surface area contributed by atoms with E-state index >= 15 is 0 Å². The van der Waals surface area contributed by atoms with E-state index in [1.807, 2.05) is 0 Å². The van der Waals surface area contributed by atoms with Gasteiger partial charge in [0, 0.05) is 5.50 Å². The highest BCUT2D eigenvalue weighted by Gasteiger charge is 2.09. The predicted molar refractivity (Wildman–Crippen MR) is 43.4 cm³/mol. The summed E-state index contributed by atoms with van der Waals surface area (Å²) in [5.74, 6) is 0. The van der Waals surface area contributed by atoms with Gasteiger partial charge in [0.2, 0.25) is 0 Å². The first kappa shape index (κ1) is 8.51. The lowest BCUT2D eigenvalue weighted by Gasteiger charge is -2.11. The molecule has 0 aromatic heterocycles. The summed E-state index contributed by atoms with van der Waals surface area (Å²) < 4.78 is 0. The molecule has 0 heterocycles. The highest BCUT2D eigenvalue weighted by atomic mass is 35.5. The molecule has 50 valence electrons. The Bertz CT molecular complexity index is 50.5. The molecule has 0 aromatic rings. The van der Waals surface area contributed by atoms with Crippen LogP contribution in [-0.4, -0.2) is 14.3 Å². The molecule has 0 nitrogen and oxygen atoms in total. The molecule has 0 bridgehead atoms. The topological polar surface area (TPSA) is 0 Å². The maximum atomic E-state index is 5.72. The van der Waals surface area contributed by atoms with E-state index in [9.17, 15) is 0 Å². The second-order valence-electron chi connectivity index (χ2n) is 2.57. The highest BCUT2D eigenvalue weighted by Crippen LogP contribution is 2.11. The zero-order chi connectivity index (χ0) is 6.57. The number of hydrogen-bond acceptors (Lipinski definition) is 0.